The van der Waals surface area contributed by atoms with Crippen LogP contribution < -0.4 is 9.62 Å². The lowest BCUT2D eigenvalue weighted by Gasteiger charge is -2.32. The second kappa shape index (κ2) is 13.8. The number of sulfonamides is 1. The van der Waals surface area contributed by atoms with Crippen LogP contribution in [0.15, 0.2) is 42.5 Å². The van der Waals surface area contributed by atoms with Crippen molar-refractivity contribution >= 4 is 39.1 Å². The summed E-state index contributed by atoms with van der Waals surface area (Å²) in [5, 5.41) is 3.39. The zero-order chi connectivity index (χ0) is 27.8. The minimum Gasteiger partial charge on any atom is -0.352 e. The summed E-state index contributed by atoms with van der Waals surface area (Å²) < 4.78 is 39.8. The molecular weight excluding hydrogens is 517 g/mol. The molecule has 204 valence electrons. The molecule has 0 aliphatic rings. The lowest BCUT2D eigenvalue weighted by molar-refractivity contribution is -0.141. The summed E-state index contributed by atoms with van der Waals surface area (Å²) in [5.74, 6) is -0.924. The van der Waals surface area contributed by atoms with E-state index in [0.29, 0.717) is 28.3 Å². The van der Waals surface area contributed by atoms with Crippen LogP contribution in [-0.2, 0) is 26.2 Å². The Bertz CT molecular complexity index is 1170. The second-order valence-electron chi connectivity index (χ2n) is 9.21. The predicted octanol–water partition coefficient (Wildman–Crippen LogP) is 5.06. The molecule has 2 aromatic carbocycles. The highest BCUT2D eigenvalue weighted by molar-refractivity contribution is 7.92. The number of nitrogens with one attached hydrogen (secondary N) is 1. The van der Waals surface area contributed by atoms with Crippen LogP contribution in [0.25, 0.3) is 0 Å². The van der Waals surface area contributed by atoms with Crippen molar-refractivity contribution in [3.8, 4) is 0 Å². The molecule has 0 saturated heterocycles. The third-order valence-electron chi connectivity index (χ3n) is 6.31. The van der Waals surface area contributed by atoms with Crippen molar-refractivity contribution in [2.45, 2.75) is 72.0 Å². The van der Waals surface area contributed by atoms with E-state index in [1.807, 2.05) is 20.8 Å². The van der Waals surface area contributed by atoms with E-state index in [4.69, 9.17) is 11.6 Å². The number of rotatable bonds is 13. The first-order chi connectivity index (χ1) is 17.4. The molecule has 0 saturated carbocycles. The van der Waals surface area contributed by atoms with Gasteiger partial charge in [-0.15, -0.1) is 0 Å². The van der Waals surface area contributed by atoms with Crippen molar-refractivity contribution in [2.75, 3.05) is 17.1 Å². The summed E-state index contributed by atoms with van der Waals surface area (Å²) in [6.45, 7) is 7.64. The fourth-order valence-electron chi connectivity index (χ4n) is 4.00. The molecule has 7 nitrogen and oxygen atoms in total. The van der Waals surface area contributed by atoms with Gasteiger partial charge in [-0.2, -0.15) is 0 Å². The minimum absolute atomic E-state index is 0.0277. The summed E-state index contributed by atoms with van der Waals surface area (Å²) >= 11 is 6.20. The molecule has 0 fully saturated rings. The molecule has 37 heavy (non-hydrogen) atoms. The van der Waals surface area contributed by atoms with Crippen molar-refractivity contribution in [3.05, 3.63) is 64.4 Å². The summed E-state index contributed by atoms with van der Waals surface area (Å²) in [5.41, 5.74) is 1.79. The number of carbonyl (C=O) groups is 2. The highest BCUT2D eigenvalue weighted by atomic mass is 35.5. The van der Waals surface area contributed by atoms with Crippen LogP contribution in [-0.4, -0.2) is 50.0 Å². The van der Waals surface area contributed by atoms with Crippen LogP contribution >= 0.6 is 11.6 Å². The number of amides is 2. The van der Waals surface area contributed by atoms with E-state index in [-0.39, 0.29) is 49.6 Å². The van der Waals surface area contributed by atoms with E-state index in [0.717, 1.165) is 12.7 Å². The average Bonchev–Trinajstić information content (AvgIpc) is 2.84. The Morgan fingerprint density at radius 2 is 1.73 bits per heavy atom. The Kier molecular flexibility index (Phi) is 11.4. The summed E-state index contributed by atoms with van der Waals surface area (Å²) in [6, 6.07) is 10.1. The number of anilines is 1. The van der Waals surface area contributed by atoms with Crippen molar-refractivity contribution < 1.29 is 22.4 Å². The Hall–Kier alpha value is -2.65. The number of carbonyl (C=O) groups excluding carboxylic acids is 2. The van der Waals surface area contributed by atoms with E-state index in [1.165, 1.54) is 21.3 Å². The van der Waals surface area contributed by atoms with Gasteiger partial charge >= 0.3 is 0 Å². The molecule has 0 unspecified atom stereocenters. The third-order valence-corrected chi connectivity index (χ3v) is 7.90. The summed E-state index contributed by atoms with van der Waals surface area (Å²) in [7, 11) is -3.63. The molecule has 0 aliphatic heterocycles. The van der Waals surface area contributed by atoms with Gasteiger partial charge in [-0.3, -0.25) is 13.9 Å². The van der Waals surface area contributed by atoms with Crippen LogP contribution in [0.3, 0.4) is 0 Å². The van der Waals surface area contributed by atoms with Gasteiger partial charge in [0.25, 0.3) is 0 Å². The first-order valence-corrected chi connectivity index (χ1v) is 14.7. The lowest BCUT2D eigenvalue weighted by Crippen LogP contribution is -2.50. The smallest absolute Gasteiger partial charge is 0.243 e. The van der Waals surface area contributed by atoms with Crippen molar-refractivity contribution in [1.82, 2.24) is 10.2 Å². The molecule has 2 atom stereocenters. The average molecular weight is 554 g/mol. The highest BCUT2D eigenvalue weighted by Crippen LogP contribution is 2.28. The number of halogens is 2. The highest BCUT2D eigenvalue weighted by Gasteiger charge is 2.29. The monoisotopic (exact) mass is 553 g/mol. The third kappa shape index (κ3) is 8.71. The van der Waals surface area contributed by atoms with Crippen LogP contribution in [0, 0.1) is 12.7 Å². The number of hydrogen-bond acceptors (Lipinski definition) is 4. The van der Waals surface area contributed by atoms with Crippen LogP contribution in [0.2, 0.25) is 5.02 Å². The fraction of sp³-hybridized carbons (Fsp3) is 0.481. The first kappa shape index (κ1) is 30.6. The normalized spacial score (nSPS) is 13.1. The maximum Gasteiger partial charge on any atom is 0.243 e. The molecular formula is C27H37ClFN3O4S. The molecule has 2 aromatic rings. The van der Waals surface area contributed by atoms with Crippen LogP contribution in [0.1, 0.15) is 57.6 Å². The van der Waals surface area contributed by atoms with Crippen molar-refractivity contribution in [1.29, 1.82) is 0 Å². The Balaban J connectivity index is 2.25. The quantitative estimate of drug-likeness (QED) is 0.376. The van der Waals surface area contributed by atoms with Crippen LogP contribution in [0.5, 0.6) is 0 Å². The van der Waals surface area contributed by atoms with Gasteiger partial charge < -0.3 is 10.2 Å². The van der Waals surface area contributed by atoms with Crippen molar-refractivity contribution in [3.63, 3.8) is 0 Å². The van der Waals surface area contributed by atoms with Gasteiger partial charge in [-0.05, 0) is 68.5 Å². The van der Waals surface area contributed by atoms with Gasteiger partial charge in [0.2, 0.25) is 21.8 Å². The van der Waals surface area contributed by atoms with Gasteiger partial charge in [0.1, 0.15) is 11.9 Å². The van der Waals surface area contributed by atoms with E-state index >= 15 is 0 Å². The zero-order valence-electron chi connectivity index (χ0n) is 22.1. The SMILES string of the molecule is CC[C@H](C(=O)N[C@@H](C)CC)N(Cc1ccc(F)cc1)C(=O)CCCN(c1cccc(Cl)c1C)S(C)(=O)=O. The van der Waals surface area contributed by atoms with Gasteiger partial charge in [0, 0.05) is 30.6 Å². The summed E-state index contributed by atoms with van der Waals surface area (Å²) in [4.78, 5) is 28.0. The molecule has 0 aromatic heterocycles. The Labute approximate surface area is 225 Å². The van der Waals surface area contributed by atoms with Gasteiger partial charge in [-0.1, -0.05) is 43.6 Å². The number of nitrogens with zero attached hydrogens (tertiary/aromatic N) is 2. The predicted molar refractivity (Wildman–Crippen MR) is 147 cm³/mol. The van der Waals surface area contributed by atoms with Gasteiger partial charge in [0.15, 0.2) is 0 Å². The molecule has 0 heterocycles. The second-order valence-corrected chi connectivity index (χ2v) is 11.5. The molecule has 0 bridgehead atoms. The molecule has 2 amide bonds. The van der Waals surface area contributed by atoms with Gasteiger partial charge in [0.05, 0.1) is 11.9 Å². The molecule has 0 radical (unpaired) electrons. The lowest BCUT2D eigenvalue weighted by atomic mass is 10.1. The fourth-order valence-corrected chi connectivity index (χ4v) is 5.18. The minimum atomic E-state index is -3.63. The van der Waals surface area contributed by atoms with Crippen molar-refractivity contribution in [2.24, 2.45) is 0 Å². The van der Waals surface area contributed by atoms with E-state index in [9.17, 15) is 22.4 Å². The zero-order valence-corrected chi connectivity index (χ0v) is 23.7. The first-order valence-electron chi connectivity index (χ1n) is 12.5. The summed E-state index contributed by atoms with van der Waals surface area (Å²) in [6.07, 6.45) is 2.52. The molecule has 10 heteroatoms. The van der Waals surface area contributed by atoms with E-state index in [1.54, 1.807) is 37.3 Å². The Morgan fingerprint density at radius 3 is 2.30 bits per heavy atom. The van der Waals surface area contributed by atoms with Crippen LogP contribution in [0.4, 0.5) is 10.1 Å². The molecule has 2 rings (SSSR count). The number of benzene rings is 2. The molecule has 0 spiro atoms. The largest absolute Gasteiger partial charge is 0.352 e. The number of hydrogen-bond donors (Lipinski definition) is 1. The Morgan fingerprint density at radius 1 is 1.08 bits per heavy atom. The van der Waals surface area contributed by atoms with E-state index in [2.05, 4.69) is 5.32 Å². The maximum atomic E-state index is 13.4. The topological polar surface area (TPSA) is 86.8 Å². The van der Waals surface area contributed by atoms with Gasteiger partial charge in [-0.25, -0.2) is 12.8 Å². The van der Waals surface area contributed by atoms with E-state index < -0.39 is 16.1 Å². The molecule has 0 aliphatic carbocycles. The molecule has 1 N–H and O–H groups in total. The maximum absolute atomic E-state index is 13.4. The standard InChI is InChI=1S/C27H37ClFN3O4S/c1-6-19(3)30-27(34)24(7-2)31(18-21-13-15-22(29)16-14-21)26(33)12-9-17-32(37(5,35)36)25-11-8-10-23(28)20(25)4/h8,10-11,13-16,19,24H,6-7,9,12,17-18H2,1-5H3,(H,30,34)/t19-,24+/m0/s1.